The second-order valence-corrected chi connectivity index (χ2v) is 8.06. The number of amides is 1. The molecule has 0 aromatic carbocycles. The molecule has 0 saturated carbocycles. The first-order valence-electron chi connectivity index (χ1n) is 9.60. The molecule has 2 fully saturated rings. The molecule has 0 unspecified atom stereocenters. The molecule has 6 nitrogen and oxygen atoms in total. The SMILES string of the molecule is O=C(C1CCN(c2nnc(-c3ccccn3)s2)CC1)N1CCCCCC1. The summed E-state index contributed by atoms with van der Waals surface area (Å²) in [5, 5.41) is 10.4. The first-order chi connectivity index (χ1) is 12.8. The molecule has 138 valence electrons. The van der Waals surface area contributed by atoms with E-state index in [1.165, 1.54) is 12.8 Å². The molecule has 4 rings (SSSR count). The zero-order valence-electron chi connectivity index (χ0n) is 15.0. The van der Waals surface area contributed by atoms with E-state index < -0.39 is 0 Å². The first-order valence-corrected chi connectivity index (χ1v) is 10.4. The minimum atomic E-state index is 0.174. The van der Waals surface area contributed by atoms with Crippen molar-refractivity contribution in [3.8, 4) is 10.7 Å². The fourth-order valence-corrected chi connectivity index (χ4v) is 4.68. The average Bonchev–Trinajstić information content (AvgIpc) is 3.04. The van der Waals surface area contributed by atoms with Crippen molar-refractivity contribution >= 4 is 22.4 Å². The van der Waals surface area contributed by atoms with Gasteiger partial charge in [-0.15, -0.1) is 10.2 Å². The van der Waals surface area contributed by atoms with E-state index >= 15 is 0 Å². The molecule has 4 heterocycles. The minimum absolute atomic E-state index is 0.174. The Bertz CT molecular complexity index is 719. The third-order valence-electron chi connectivity index (χ3n) is 5.33. The summed E-state index contributed by atoms with van der Waals surface area (Å²) in [6.45, 7) is 3.65. The van der Waals surface area contributed by atoms with Crippen molar-refractivity contribution in [1.29, 1.82) is 0 Å². The Morgan fingerprint density at radius 2 is 1.77 bits per heavy atom. The second-order valence-electron chi connectivity index (χ2n) is 7.11. The van der Waals surface area contributed by atoms with Crippen LogP contribution in [0.1, 0.15) is 38.5 Å². The molecule has 7 heteroatoms. The number of carbonyl (C=O) groups is 1. The number of aromatic nitrogens is 3. The van der Waals surface area contributed by atoms with E-state index in [0.29, 0.717) is 5.91 Å². The van der Waals surface area contributed by atoms with E-state index in [9.17, 15) is 4.79 Å². The van der Waals surface area contributed by atoms with Gasteiger partial charge in [-0.1, -0.05) is 30.2 Å². The van der Waals surface area contributed by atoms with Crippen LogP contribution in [0.2, 0.25) is 0 Å². The van der Waals surface area contributed by atoms with Crippen LogP contribution in [0.15, 0.2) is 24.4 Å². The lowest BCUT2D eigenvalue weighted by Gasteiger charge is -2.33. The Kier molecular flexibility index (Phi) is 5.43. The first kappa shape index (κ1) is 17.4. The van der Waals surface area contributed by atoms with Crippen LogP contribution in [0, 0.1) is 5.92 Å². The number of likely N-dealkylation sites (tertiary alicyclic amines) is 1. The molecule has 2 aliphatic heterocycles. The Labute approximate surface area is 158 Å². The summed E-state index contributed by atoms with van der Waals surface area (Å²) < 4.78 is 0. The Balaban J connectivity index is 1.35. The van der Waals surface area contributed by atoms with Gasteiger partial charge in [0.1, 0.15) is 5.69 Å². The van der Waals surface area contributed by atoms with Gasteiger partial charge in [-0.25, -0.2) is 0 Å². The molecular weight excluding hydrogens is 346 g/mol. The number of hydrogen-bond acceptors (Lipinski definition) is 6. The molecular formula is C19H25N5OS. The summed E-state index contributed by atoms with van der Waals surface area (Å²) in [6, 6.07) is 5.82. The van der Waals surface area contributed by atoms with E-state index in [1.807, 2.05) is 18.2 Å². The van der Waals surface area contributed by atoms with Gasteiger partial charge in [0.05, 0.1) is 0 Å². The number of rotatable bonds is 3. The van der Waals surface area contributed by atoms with Crippen LogP contribution in [0.5, 0.6) is 0 Å². The summed E-state index contributed by atoms with van der Waals surface area (Å²) in [7, 11) is 0. The van der Waals surface area contributed by atoms with Crippen LogP contribution in [0.3, 0.4) is 0 Å². The highest BCUT2D eigenvalue weighted by Crippen LogP contribution is 2.31. The Morgan fingerprint density at radius 3 is 2.46 bits per heavy atom. The van der Waals surface area contributed by atoms with Gasteiger partial charge in [0, 0.05) is 38.3 Å². The van der Waals surface area contributed by atoms with Crippen LogP contribution in [-0.4, -0.2) is 52.2 Å². The second kappa shape index (κ2) is 8.12. The number of hydrogen-bond donors (Lipinski definition) is 0. The van der Waals surface area contributed by atoms with Gasteiger partial charge in [-0.2, -0.15) is 0 Å². The molecule has 0 radical (unpaired) electrons. The fraction of sp³-hybridized carbons (Fsp3) is 0.579. The standard InChI is InChI=1S/C19H25N5OS/c25-18(23-11-5-1-2-6-12-23)15-8-13-24(14-9-15)19-22-21-17(26-19)16-7-3-4-10-20-16/h3-4,7,10,15H,1-2,5-6,8-9,11-14H2. The molecule has 2 aromatic rings. The van der Waals surface area contributed by atoms with Crippen molar-refractivity contribution in [1.82, 2.24) is 20.1 Å². The topological polar surface area (TPSA) is 62.2 Å². The van der Waals surface area contributed by atoms with Gasteiger partial charge >= 0.3 is 0 Å². The monoisotopic (exact) mass is 371 g/mol. The third-order valence-corrected chi connectivity index (χ3v) is 6.34. The van der Waals surface area contributed by atoms with Gasteiger partial charge in [-0.05, 0) is 37.8 Å². The molecule has 1 amide bonds. The van der Waals surface area contributed by atoms with E-state index in [4.69, 9.17) is 0 Å². The summed E-state index contributed by atoms with van der Waals surface area (Å²) >= 11 is 1.58. The third kappa shape index (κ3) is 3.87. The summed E-state index contributed by atoms with van der Waals surface area (Å²) in [5.41, 5.74) is 0.863. The lowest BCUT2D eigenvalue weighted by Crippen LogP contribution is -2.43. The molecule has 26 heavy (non-hydrogen) atoms. The van der Waals surface area contributed by atoms with Crippen LogP contribution in [0.25, 0.3) is 10.7 Å². The fourth-order valence-electron chi connectivity index (χ4n) is 3.80. The molecule has 2 saturated heterocycles. The summed E-state index contributed by atoms with van der Waals surface area (Å²) in [5.74, 6) is 0.547. The lowest BCUT2D eigenvalue weighted by molar-refractivity contribution is -0.136. The van der Waals surface area contributed by atoms with Crippen LogP contribution >= 0.6 is 11.3 Å². The van der Waals surface area contributed by atoms with E-state index in [0.717, 1.165) is 67.7 Å². The molecule has 0 atom stereocenters. The predicted molar refractivity (Wildman–Crippen MR) is 103 cm³/mol. The van der Waals surface area contributed by atoms with Gasteiger partial charge in [-0.3, -0.25) is 9.78 Å². The number of carbonyl (C=O) groups excluding carboxylic acids is 1. The summed E-state index contributed by atoms with van der Waals surface area (Å²) in [6.07, 6.45) is 8.44. The maximum absolute atomic E-state index is 12.8. The largest absolute Gasteiger partial charge is 0.347 e. The van der Waals surface area contributed by atoms with Crippen LogP contribution in [0.4, 0.5) is 5.13 Å². The molecule has 2 aliphatic rings. The lowest BCUT2D eigenvalue weighted by atomic mass is 9.95. The van der Waals surface area contributed by atoms with E-state index in [2.05, 4.69) is 25.0 Å². The van der Waals surface area contributed by atoms with Crippen molar-refractivity contribution < 1.29 is 4.79 Å². The zero-order chi connectivity index (χ0) is 17.8. The van der Waals surface area contributed by atoms with Gasteiger partial charge in [0.25, 0.3) is 0 Å². The van der Waals surface area contributed by atoms with Crippen molar-refractivity contribution in [3.63, 3.8) is 0 Å². The van der Waals surface area contributed by atoms with Crippen molar-refractivity contribution in [3.05, 3.63) is 24.4 Å². The molecule has 0 aliphatic carbocycles. The molecule has 0 N–H and O–H groups in total. The number of pyridine rings is 1. The van der Waals surface area contributed by atoms with E-state index in [1.54, 1.807) is 17.5 Å². The van der Waals surface area contributed by atoms with Crippen molar-refractivity contribution in [2.45, 2.75) is 38.5 Å². The van der Waals surface area contributed by atoms with Crippen molar-refractivity contribution in [2.24, 2.45) is 5.92 Å². The maximum Gasteiger partial charge on any atom is 0.225 e. The Morgan fingerprint density at radius 1 is 1.00 bits per heavy atom. The van der Waals surface area contributed by atoms with E-state index in [-0.39, 0.29) is 5.92 Å². The highest BCUT2D eigenvalue weighted by Gasteiger charge is 2.30. The normalized spacial score (nSPS) is 19.4. The highest BCUT2D eigenvalue weighted by molar-refractivity contribution is 7.18. The highest BCUT2D eigenvalue weighted by atomic mass is 32.1. The Hall–Kier alpha value is -2.02. The zero-order valence-corrected chi connectivity index (χ0v) is 15.8. The summed E-state index contributed by atoms with van der Waals surface area (Å²) in [4.78, 5) is 21.5. The smallest absolute Gasteiger partial charge is 0.225 e. The quantitative estimate of drug-likeness (QED) is 0.829. The predicted octanol–water partition coefficient (Wildman–Crippen LogP) is 3.22. The van der Waals surface area contributed by atoms with Crippen LogP contribution < -0.4 is 4.90 Å². The molecule has 0 bridgehead atoms. The van der Waals surface area contributed by atoms with Crippen LogP contribution in [-0.2, 0) is 4.79 Å². The van der Waals surface area contributed by atoms with Gasteiger partial charge in [0.15, 0.2) is 5.01 Å². The average molecular weight is 372 g/mol. The van der Waals surface area contributed by atoms with Crippen molar-refractivity contribution in [2.75, 3.05) is 31.1 Å². The van der Waals surface area contributed by atoms with Gasteiger partial charge < -0.3 is 9.80 Å². The number of piperidine rings is 1. The number of anilines is 1. The molecule has 0 spiro atoms. The maximum atomic E-state index is 12.8. The number of nitrogens with zero attached hydrogens (tertiary/aromatic N) is 5. The molecule has 2 aromatic heterocycles. The minimum Gasteiger partial charge on any atom is -0.347 e. The van der Waals surface area contributed by atoms with Gasteiger partial charge in [0.2, 0.25) is 11.0 Å².